The highest BCUT2D eigenvalue weighted by molar-refractivity contribution is 6.15. The molecule has 2 aromatic rings. The second kappa shape index (κ2) is 45.0. The number of terminal acetylenes is 1. The summed E-state index contributed by atoms with van der Waals surface area (Å²) in [5.41, 5.74) is 2.79. The van der Waals surface area contributed by atoms with Crippen molar-refractivity contribution in [3.05, 3.63) is 71.3 Å². The third-order valence-electron chi connectivity index (χ3n) is 10.9. The Morgan fingerprint density at radius 3 is 1.44 bits per heavy atom. The number of benzene rings is 2. The van der Waals surface area contributed by atoms with Crippen molar-refractivity contribution in [1.82, 2.24) is 15.5 Å². The fourth-order valence-corrected chi connectivity index (χ4v) is 6.97. The van der Waals surface area contributed by atoms with Gasteiger partial charge in [0.05, 0.1) is 145 Å². The molecule has 78 heavy (non-hydrogen) atoms. The quantitative estimate of drug-likeness (QED) is 0.0371. The number of carbonyl (C=O) groups excluding carboxylic acids is 6. The maximum Gasteiger partial charge on any atom is 0.293 e. The van der Waals surface area contributed by atoms with Crippen molar-refractivity contribution in [3.8, 4) is 18.6 Å². The Morgan fingerprint density at radius 1 is 0.590 bits per heavy atom. The fraction of sp³-hybridized carbons (Fsp3) is 0.600. The van der Waals surface area contributed by atoms with E-state index in [1.165, 1.54) is 0 Å². The first-order valence-corrected chi connectivity index (χ1v) is 26.0. The molecule has 3 N–H and O–H groups in total. The van der Waals surface area contributed by atoms with E-state index in [2.05, 4.69) is 28.8 Å². The molecular weight excluding hydrogens is 1020 g/mol. The van der Waals surface area contributed by atoms with Gasteiger partial charge in [0.2, 0.25) is 17.7 Å². The zero-order valence-electron chi connectivity index (χ0n) is 45.7. The van der Waals surface area contributed by atoms with Gasteiger partial charge in [0.25, 0.3) is 18.3 Å². The number of ether oxygens (including phenoxy) is 13. The first-order valence-electron chi connectivity index (χ1n) is 26.0. The van der Waals surface area contributed by atoms with Crippen molar-refractivity contribution in [2.75, 3.05) is 164 Å². The molecular formula is C55H82N4O19. The molecule has 0 aliphatic carbocycles. The molecule has 0 fully saturated rings. The lowest BCUT2D eigenvalue weighted by molar-refractivity contribution is -0.146. The highest BCUT2D eigenvalue weighted by Gasteiger charge is 2.38. The van der Waals surface area contributed by atoms with Crippen LogP contribution in [0.2, 0.25) is 0 Å². The lowest BCUT2D eigenvalue weighted by Gasteiger charge is -2.29. The number of rotatable bonds is 48. The van der Waals surface area contributed by atoms with E-state index in [9.17, 15) is 28.8 Å². The number of amides is 5. The van der Waals surface area contributed by atoms with Gasteiger partial charge in [-0.2, -0.15) is 0 Å². The van der Waals surface area contributed by atoms with Crippen LogP contribution in [0.1, 0.15) is 37.5 Å². The third-order valence-corrected chi connectivity index (χ3v) is 10.9. The normalized spacial score (nSPS) is 12.7. The molecule has 1 unspecified atom stereocenters. The average molecular weight is 1100 g/mol. The number of anilines is 1. The molecule has 436 valence electrons. The van der Waals surface area contributed by atoms with E-state index in [0.29, 0.717) is 169 Å². The minimum atomic E-state index is -1.28. The molecule has 0 aromatic heterocycles. The zero-order valence-corrected chi connectivity index (χ0v) is 45.7. The zero-order chi connectivity index (χ0) is 56.9. The Kier molecular flexibility index (Phi) is 39.4. The molecule has 2 aromatic carbocycles. The summed E-state index contributed by atoms with van der Waals surface area (Å²) in [4.78, 5) is 77.1. The third kappa shape index (κ3) is 30.9. The van der Waals surface area contributed by atoms with Gasteiger partial charge in [-0.15, -0.1) is 12.8 Å². The second-order valence-electron chi connectivity index (χ2n) is 16.9. The Balaban J connectivity index is 0.0000103. The first-order chi connectivity index (χ1) is 38.1. The summed E-state index contributed by atoms with van der Waals surface area (Å²) in [6.07, 6.45) is 10.8. The number of nitrogens with one attached hydrogen (secondary N) is 3. The van der Waals surface area contributed by atoms with Gasteiger partial charge in [0.1, 0.15) is 31.0 Å². The Labute approximate surface area is 458 Å². The van der Waals surface area contributed by atoms with Gasteiger partial charge in [-0.3, -0.25) is 33.7 Å². The molecule has 1 aliphatic heterocycles. The molecule has 0 bridgehead atoms. The predicted octanol–water partition coefficient (Wildman–Crippen LogP) is 2.09. The lowest BCUT2D eigenvalue weighted by Crippen LogP contribution is -2.57. The summed E-state index contributed by atoms with van der Waals surface area (Å²) in [6, 6.07) is 9.61. The minimum absolute atomic E-state index is 0.0439. The monoisotopic (exact) mass is 1100 g/mol. The van der Waals surface area contributed by atoms with Crippen LogP contribution in [0.5, 0.6) is 5.75 Å². The van der Waals surface area contributed by atoms with Crippen LogP contribution < -0.4 is 20.7 Å². The molecule has 1 heterocycles. The van der Waals surface area contributed by atoms with E-state index in [1.54, 1.807) is 63.4 Å². The number of hydrogen-bond donors (Lipinski definition) is 3. The summed E-state index contributed by atoms with van der Waals surface area (Å²) < 4.78 is 70.4. The van der Waals surface area contributed by atoms with Crippen molar-refractivity contribution < 1.29 is 90.3 Å². The van der Waals surface area contributed by atoms with Crippen molar-refractivity contribution in [2.45, 2.75) is 52.3 Å². The molecule has 1 aliphatic rings. The van der Waals surface area contributed by atoms with Crippen LogP contribution in [0, 0.1) is 18.8 Å². The minimum Gasteiger partial charge on any atom is -0.491 e. The number of hydrogen-bond acceptors (Lipinski definition) is 19. The van der Waals surface area contributed by atoms with Gasteiger partial charge in [0, 0.05) is 31.4 Å². The number of methoxy groups -OCH3 is 1. The van der Waals surface area contributed by atoms with Gasteiger partial charge < -0.3 is 77.5 Å². The summed E-state index contributed by atoms with van der Waals surface area (Å²) in [7, 11) is 1.63. The van der Waals surface area contributed by atoms with Crippen molar-refractivity contribution >= 4 is 41.7 Å². The predicted molar refractivity (Wildman–Crippen MR) is 285 cm³/mol. The molecule has 5 amide bonds. The van der Waals surface area contributed by atoms with Crippen LogP contribution in [0.15, 0.2) is 54.6 Å². The lowest BCUT2D eigenvalue weighted by atomic mass is 10.00. The van der Waals surface area contributed by atoms with E-state index >= 15 is 0 Å². The van der Waals surface area contributed by atoms with E-state index in [1.807, 2.05) is 6.92 Å². The second-order valence-corrected chi connectivity index (χ2v) is 16.9. The largest absolute Gasteiger partial charge is 0.491 e. The molecule has 0 spiro atoms. The maximum atomic E-state index is 13.9. The fourth-order valence-electron chi connectivity index (χ4n) is 6.97. The van der Waals surface area contributed by atoms with Crippen LogP contribution in [-0.2, 0) is 105 Å². The van der Waals surface area contributed by atoms with E-state index in [0.717, 1.165) is 28.2 Å². The highest BCUT2D eigenvalue weighted by atomic mass is 16.6. The van der Waals surface area contributed by atoms with Gasteiger partial charge in [-0.25, -0.2) is 0 Å². The van der Waals surface area contributed by atoms with Crippen molar-refractivity contribution in [2.24, 2.45) is 5.92 Å². The number of aryl methyl sites for hydroxylation is 1. The average Bonchev–Trinajstić information content (AvgIpc) is 3.80. The topological polar surface area (TPSA) is 262 Å². The molecule has 0 saturated carbocycles. The number of nitrogens with zero attached hydrogens (tertiary/aromatic N) is 1. The Bertz CT molecular complexity index is 2000. The SMILES string of the molecule is C#C.CCc1cc(NC(=O)CNC(=O)C(NC(=O)[C@H](Cc2ccc(OCCOCCOCCOCCOCCOCCOCCOCCOCCOCCOCCOC)cc2)N2C(=O)C=CC2=O)C(C)C)ccc1COC=O. The van der Waals surface area contributed by atoms with E-state index in [4.69, 9.17) is 61.6 Å². The molecule has 0 saturated heterocycles. The van der Waals surface area contributed by atoms with Crippen LogP contribution in [0.4, 0.5) is 5.69 Å². The molecule has 0 radical (unpaired) electrons. The standard InChI is InChI=1S/C53H80N4O19.C2H2/c1-5-43-37-45(9-8-44(43)39-75-40-58)55-48(59)38-54-53(63)51(41(2)3)56-52(62)47(57-49(60)12-13-50(57)61)36-42-6-10-46(11-7-42)76-35-34-74-33-32-73-31-30-72-29-28-71-27-26-70-25-24-69-23-22-68-21-20-67-19-18-66-17-16-65-15-14-64-4;1-2/h6-13,37,40-41,47,51H,5,14-36,38-39H2,1-4H3,(H,54,63)(H,55,59)(H,56,62);1-2H/t47-,51?;/m0./s1. The summed E-state index contributed by atoms with van der Waals surface area (Å²) in [5.74, 6) is -3.07. The van der Waals surface area contributed by atoms with E-state index < -0.39 is 54.1 Å². The summed E-state index contributed by atoms with van der Waals surface area (Å²) >= 11 is 0. The Hall–Kier alpha value is -5.88. The molecule has 23 heteroatoms. The van der Waals surface area contributed by atoms with Crippen LogP contribution in [0.25, 0.3) is 0 Å². The maximum absolute atomic E-state index is 13.9. The number of carbonyl (C=O) groups is 6. The van der Waals surface area contributed by atoms with Crippen molar-refractivity contribution in [3.63, 3.8) is 0 Å². The molecule has 23 nitrogen and oxygen atoms in total. The molecule has 2 atom stereocenters. The van der Waals surface area contributed by atoms with Gasteiger partial charge >= 0.3 is 0 Å². The van der Waals surface area contributed by atoms with Gasteiger partial charge in [-0.1, -0.05) is 39.0 Å². The smallest absolute Gasteiger partial charge is 0.293 e. The highest BCUT2D eigenvalue weighted by Crippen LogP contribution is 2.20. The van der Waals surface area contributed by atoms with Gasteiger partial charge in [0.15, 0.2) is 0 Å². The van der Waals surface area contributed by atoms with Crippen molar-refractivity contribution in [1.29, 1.82) is 0 Å². The first kappa shape index (κ1) is 68.2. The van der Waals surface area contributed by atoms with Crippen LogP contribution >= 0.6 is 0 Å². The van der Waals surface area contributed by atoms with Crippen LogP contribution in [-0.4, -0.2) is 212 Å². The number of imide groups is 1. The van der Waals surface area contributed by atoms with E-state index in [-0.39, 0.29) is 19.6 Å². The molecule has 3 rings (SSSR count). The summed E-state index contributed by atoms with van der Waals surface area (Å²) in [5, 5.41) is 8.00. The Morgan fingerprint density at radius 2 is 1.03 bits per heavy atom. The van der Waals surface area contributed by atoms with Crippen LogP contribution in [0.3, 0.4) is 0 Å². The van der Waals surface area contributed by atoms with Gasteiger partial charge in [-0.05, 0) is 53.3 Å². The summed E-state index contributed by atoms with van der Waals surface area (Å²) in [6.45, 7) is 15.4.